The molecule has 4 rings (SSSR count). The zero-order valence-corrected chi connectivity index (χ0v) is 15.9. The van der Waals surface area contributed by atoms with Crippen molar-refractivity contribution in [2.75, 3.05) is 5.32 Å². The second-order valence-corrected chi connectivity index (χ2v) is 7.30. The molecule has 140 valence electrons. The number of hydrogen-bond donors (Lipinski definition) is 2. The highest BCUT2D eigenvalue weighted by Gasteiger charge is 2.55. The van der Waals surface area contributed by atoms with Crippen molar-refractivity contribution in [3.8, 4) is 0 Å². The molecule has 28 heavy (non-hydrogen) atoms. The number of halogens is 1. The average Bonchev–Trinajstić information content (AvgIpc) is 2.98. The second-order valence-electron chi connectivity index (χ2n) is 6.89. The molecule has 0 saturated carbocycles. The van der Waals surface area contributed by atoms with E-state index in [1.165, 1.54) is 0 Å². The number of nitrogens with one attached hydrogen (secondary N) is 1. The molecule has 1 heterocycles. The van der Waals surface area contributed by atoms with E-state index in [1.54, 1.807) is 67.6 Å². The van der Waals surface area contributed by atoms with E-state index >= 15 is 0 Å². The van der Waals surface area contributed by atoms with Crippen molar-refractivity contribution in [3.05, 3.63) is 100 Å². The maximum atomic E-state index is 13.5. The zero-order valence-electron chi connectivity index (χ0n) is 15.1. The summed E-state index contributed by atoms with van der Waals surface area (Å²) in [6.07, 6.45) is 0. The molecule has 3 aromatic rings. The van der Waals surface area contributed by atoms with Crippen molar-refractivity contribution in [1.29, 1.82) is 0 Å². The van der Waals surface area contributed by atoms with Crippen molar-refractivity contribution in [3.63, 3.8) is 0 Å². The fourth-order valence-electron chi connectivity index (χ4n) is 3.78. The fourth-order valence-corrected chi connectivity index (χ4v) is 3.94. The minimum Gasteiger partial charge on any atom is -0.374 e. The second kappa shape index (κ2) is 6.89. The van der Waals surface area contributed by atoms with Crippen LogP contribution in [-0.2, 0) is 10.4 Å². The van der Waals surface area contributed by atoms with E-state index in [0.29, 0.717) is 33.0 Å². The van der Waals surface area contributed by atoms with Gasteiger partial charge in [-0.3, -0.25) is 9.59 Å². The third-order valence-electron chi connectivity index (χ3n) is 5.27. The Labute approximate surface area is 167 Å². The largest absolute Gasteiger partial charge is 0.374 e. The maximum Gasteiger partial charge on any atom is 0.262 e. The third-order valence-corrected chi connectivity index (χ3v) is 5.67. The van der Waals surface area contributed by atoms with Crippen LogP contribution in [0.5, 0.6) is 0 Å². The average molecular weight is 392 g/mol. The molecule has 0 fully saturated rings. The summed E-state index contributed by atoms with van der Waals surface area (Å²) >= 11 is 6.19. The quantitative estimate of drug-likeness (QED) is 0.645. The first-order chi connectivity index (χ1) is 13.4. The van der Waals surface area contributed by atoms with Gasteiger partial charge in [-0.15, -0.1) is 0 Å². The molecule has 5 heteroatoms. The van der Waals surface area contributed by atoms with Gasteiger partial charge in [-0.2, -0.15) is 0 Å². The molecule has 0 radical (unpaired) electrons. The molecule has 0 unspecified atom stereocenters. The number of Topliss-reactive ketones (excluding diaryl/α,β-unsaturated/α-hetero) is 1. The lowest BCUT2D eigenvalue weighted by atomic mass is 9.74. The molecule has 0 spiro atoms. The Morgan fingerprint density at radius 3 is 2.25 bits per heavy atom. The Morgan fingerprint density at radius 2 is 1.61 bits per heavy atom. The number of carbonyl (C=O) groups is 2. The zero-order chi connectivity index (χ0) is 19.9. The van der Waals surface area contributed by atoms with Gasteiger partial charge in [0.1, 0.15) is 0 Å². The van der Waals surface area contributed by atoms with Crippen LogP contribution in [0, 0.1) is 6.92 Å². The third kappa shape index (κ3) is 2.73. The number of rotatable bonds is 4. The van der Waals surface area contributed by atoms with Crippen molar-refractivity contribution in [1.82, 2.24) is 0 Å². The Morgan fingerprint density at radius 1 is 1.00 bits per heavy atom. The minimum atomic E-state index is -2.04. The molecular formula is C23H18ClNO3. The molecule has 1 amide bonds. The van der Waals surface area contributed by atoms with Gasteiger partial charge >= 0.3 is 0 Å². The van der Waals surface area contributed by atoms with Gasteiger partial charge in [0.15, 0.2) is 11.4 Å². The number of carbonyl (C=O) groups excluding carboxylic acids is 2. The number of fused-ring (bicyclic) bond motifs is 1. The molecular weight excluding hydrogens is 374 g/mol. The monoisotopic (exact) mass is 391 g/mol. The summed E-state index contributed by atoms with van der Waals surface area (Å²) < 4.78 is 0. The smallest absolute Gasteiger partial charge is 0.262 e. The van der Waals surface area contributed by atoms with E-state index < -0.39 is 17.4 Å². The molecule has 0 bridgehead atoms. The number of aliphatic hydroxyl groups is 1. The maximum absolute atomic E-state index is 13.5. The number of amides is 1. The Balaban J connectivity index is 1.95. The summed E-state index contributed by atoms with van der Waals surface area (Å²) in [6, 6.07) is 20.8. The van der Waals surface area contributed by atoms with Crippen LogP contribution in [0.1, 0.15) is 33.0 Å². The van der Waals surface area contributed by atoms with Gasteiger partial charge in [-0.05, 0) is 24.1 Å². The van der Waals surface area contributed by atoms with E-state index in [0.717, 1.165) is 0 Å². The van der Waals surface area contributed by atoms with Crippen LogP contribution in [-0.4, -0.2) is 16.8 Å². The standard InChI is InChI=1S/C23H18ClNO3/c1-14-18(24)13-12-17-20(14)25-22(27)23(17,28)19(15-8-4-2-5-9-15)21(26)16-10-6-3-7-11-16/h2-13,19,28H,1H3,(H,25,27)/t19-,23+/m1/s1. The van der Waals surface area contributed by atoms with E-state index in [9.17, 15) is 14.7 Å². The predicted molar refractivity (Wildman–Crippen MR) is 109 cm³/mol. The molecule has 0 saturated heterocycles. The number of benzene rings is 3. The molecule has 1 aliphatic rings. The lowest BCUT2D eigenvalue weighted by Gasteiger charge is -2.30. The van der Waals surface area contributed by atoms with E-state index in [-0.39, 0.29) is 5.78 Å². The van der Waals surface area contributed by atoms with Crippen LogP contribution in [0.4, 0.5) is 5.69 Å². The Kier molecular flexibility index (Phi) is 4.53. The lowest BCUT2D eigenvalue weighted by Crippen LogP contribution is -2.44. The van der Waals surface area contributed by atoms with E-state index in [2.05, 4.69) is 5.32 Å². The highest BCUT2D eigenvalue weighted by Crippen LogP contribution is 2.48. The molecule has 1 aliphatic heterocycles. The Bertz CT molecular complexity index is 1070. The first kappa shape index (κ1) is 18.4. The van der Waals surface area contributed by atoms with Crippen molar-refractivity contribution in [2.45, 2.75) is 18.4 Å². The molecule has 0 aromatic heterocycles. The van der Waals surface area contributed by atoms with Gasteiger partial charge in [-0.25, -0.2) is 0 Å². The van der Waals surface area contributed by atoms with Crippen LogP contribution in [0.15, 0.2) is 72.8 Å². The normalized spacial score (nSPS) is 19.0. The molecule has 2 N–H and O–H groups in total. The fraction of sp³-hybridized carbons (Fsp3) is 0.130. The summed E-state index contributed by atoms with van der Waals surface area (Å²) in [5.74, 6) is -2.06. The summed E-state index contributed by atoms with van der Waals surface area (Å²) in [7, 11) is 0. The van der Waals surface area contributed by atoms with Crippen LogP contribution < -0.4 is 5.32 Å². The van der Waals surface area contributed by atoms with E-state index in [4.69, 9.17) is 11.6 Å². The summed E-state index contributed by atoms with van der Waals surface area (Å²) in [6.45, 7) is 1.77. The van der Waals surface area contributed by atoms with Crippen LogP contribution in [0.25, 0.3) is 0 Å². The first-order valence-electron chi connectivity index (χ1n) is 8.92. The van der Waals surface area contributed by atoms with Crippen LogP contribution >= 0.6 is 11.6 Å². The molecule has 0 aliphatic carbocycles. The van der Waals surface area contributed by atoms with Crippen LogP contribution in [0.2, 0.25) is 5.02 Å². The van der Waals surface area contributed by atoms with Gasteiger partial charge in [0.05, 0.1) is 11.6 Å². The van der Waals surface area contributed by atoms with Gasteiger partial charge in [0.2, 0.25) is 0 Å². The lowest BCUT2D eigenvalue weighted by molar-refractivity contribution is -0.135. The van der Waals surface area contributed by atoms with E-state index in [1.807, 2.05) is 12.1 Å². The van der Waals surface area contributed by atoms with Crippen LogP contribution in [0.3, 0.4) is 0 Å². The number of anilines is 1. The predicted octanol–water partition coefficient (Wildman–Crippen LogP) is 4.45. The van der Waals surface area contributed by atoms with Crippen molar-refractivity contribution in [2.24, 2.45) is 0 Å². The Hall–Kier alpha value is -2.95. The SMILES string of the molecule is Cc1c(Cl)ccc2c1NC(=O)[C@@]2(O)[C@@H](C(=O)c1ccccc1)c1ccccc1. The number of hydrogen-bond acceptors (Lipinski definition) is 3. The number of ketones is 1. The molecule has 3 aromatic carbocycles. The summed E-state index contributed by atoms with van der Waals surface area (Å²) in [5, 5.41) is 14.9. The van der Waals surface area contributed by atoms with Crippen molar-refractivity contribution < 1.29 is 14.7 Å². The first-order valence-corrected chi connectivity index (χ1v) is 9.30. The minimum absolute atomic E-state index is 0.329. The molecule has 4 nitrogen and oxygen atoms in total. The van der Waals surface area contributed by atoms with Gasteiger partial charge in [-0.1, -0.05) is 78.3 Å². The summed E-state index contributed by atoms with van der Waals surface area (Å²) in [4.78, 5) is 26.5. The van der Waals surface area contributed by atoms with Gasteiger partial charge in [0.25, 0.3) is 5.91 Å². The molecule has 2 atom stereocenters. The van der Waals surface area contributed by atoms with Crippen molar-refractivity contribution >= 4 is 29.0 Å². The summed E-state index contributed by atoms with van der Waals surface area (Å²) in [5.41, 5.74) is 0.423. The highest BCUT2D eigenvalue weighted by atomic mass is 35.5. The van der Waals surface area contributed by atoms with Gasteiger partial charge < -0.3 is 10.4 Å². The highest BCUT2D eigenvalue weighted by molar-refractivity contribution is 6.32. The topological polar surface area (TPSA) is 66.4 Å². The van der Waals surface area contributed by atoms with Gasteiger partial charge in [0, 0.05) is 16.1 Å².